The summed E-state index contributed by atoms with van der Waals surface area (Å²) in [6.45, 7) is 1.87. The van der Waals surface area contributed by atoms with Gasteiger partial charge in [-0.3, -0.25) is 4.79 Å². The highest BCUT2D eigenvalue weighted by molar-refractivity contribution is 6.02. The highest BCUT2D eigenvalue weighted by atomic mass is 16.5. The molecule has 1 amide bonds. The Morgan fingerprint density at radius 3 is 2.83 bits per heavy atom. The number of hydrogen-bond acceptors (Lipinski definition) is 6. The number of hydrogen-bond donors (Lipinski definition) is 3. The van der Waals surface area contributed by atoms with Crippen LogP contribution in [0.2, 0.25) is 0 Å². The third-order valence-electron chi connectivity index (χ3n) is 4.92. The molecule has 2 aromatic rings. The summed E-state index contributed by atoms with van der Waals surface area (Å²) in [4.78, 5) is 21.1. The van der Waals surface area contributed by atoms with E-state index in [4.69, 9.17) is 15.7 Å². The maximum absolute atomic E-state index is 12.5. The minimum atomic E-state index is -0.343. The van der Waals surface area contributed by atoms with Crippen molar-refractivity contribution in [3.05, 3.63) is 59.4 Å². The molecule has 4 N–H and O–H groups in total. The van der Waals surface area contributed by atoms with Crippen molar-refractivity contribution in [3.63, 3.8) is 0 Å². The first-order valence-corrected chi connectivity index (χ1v) is 9.46. The Morgan fingerprint density at radius 1 is 1.38 bits per heavy atom. The molecular weight excluding hydrogens is 368 g/mol. The third kappa shape index (κ3) is 5.30. The molecule has 0 saturated carbocycles. The Kier molecular flexibility index (Phi) is 6.76. The van der Waals surface area contributed by atoms with Gasteiger partial charge in [0, 0.05) is 11.9 Å². The van der Waals surface area contributed by atoms with Gasteiger partial charge in [0.1, 0.15) is 11.8 Å². The molecule has 0 spiro atoms. The summed E-state index contributed by atoms with van der Waals surface area (Å²) in [6, 6.07) is 12.6. The van der Waals surface area contributed by atoms with Crippen molar-refractivity contribution in [2.75, 3.05) is 25.5 Å². The molecule has 1 aromatic carbocycles. The number of rotatable bonds is 5. The van der Waals surface area contributed by atoms with Crippen LogP contribution in [0.15, 0.2) is 47.6 Å². The zero-order valence-corrected chi connectivity index (χ0v) is 16.3. The largest absolute Gasteiger partial charge is 0.469 e. The highest BCUT2D eigenvalue weighted by Crippen LogP contribution is 2.33. The van der Waals surface area contributed by atoms with Crippen LogP contribution >= 0.6 is 0 Å². The normalized spacial score (nSPS) is 15.9. The van der Waals surface area contributed by atoms with Gasteiger partial charge in [-0.25, -0.2) is 9.98 Å². The number of carbonyl (C=O) groups excluding carboxylic acids is 1. The van der Waals surface area contributed by atoms with Crippen molar-refractivity contribution in [2.24, 2.45) is 16.6 Å². The number of nitrogens with one attached hydrogen (secondary N) is 2. The van der Waals surface area contributed by atoms with Crippen molar-refractivity contribution in [1.82, 2.24) is 10.3 Å². The Morgan fingerprint density at radius 2 is 2.17 bits per heavy atom. The zero-order valence-electron chi connectivity index (χ0n) is 16.3. The molecule has 29 heavy (non-hydrogen) atoms. The molecule has 2 heterocycles. The lowest BCUT2D eigenvalue weighted by Crippen LogP contribution is -2.31. The maximum atomic E-state index is 12.5. The number of benzene rings is 1. The standard InChI is InChI=1S/C21H24N6O2/c1-29-21(23)27-19(15-7-9-24-10-8-15)16-3-2-4-17(11-16)26-20(28)18-6-5-14(12-22)13-25-18/h2-6,11,13,15,19,24H,7-10H2,1H3,(H2,23,27)(H,26,28). The Bertz CT molecular complexity index is 914. The first kappa shape index (κ1) is 20.3. The van der Waals surface area contributed by atoms with E-state index in [-0.39, 0.29) is 23.7 Å². The highest BCUT2D eigenvalue weighted by Gasteiger charge is 2.25. The maximum Gasteiger partial charge on any atom is 0.282 e. The molecule has 0 aliphatic carbocycles. The summed E-state index contributed by atoms with van der Waals surface area (Å²) in [7, 11) is 1.50. The monoisotopic (exact) mass is 392 g/mol. The van der Waals surface area contributed by atoms with Crippen LogP contribution in [-0.4, -0.2) is 37.1 Å². The van der Waals surface area contributed by atoms with Crippen LogP contribution < -0.4 is 16.4 Å². The molecule has 0 radical (unpaired) electrons. The van der Waals surface area contributed by atoms with Gasteiger partial charge in [0.05, 0.1) is 18.7 Å². The van der Waals surface area contributed by atoms with Crippen molar-refractivity contribution in [2.45, 2.75) is 18.9 Å². The van der Waals surface area contributed by atoms with E-state index < -0.39 is 0 Å². The summed E-state index contributed by atoms with van der Waals surface area (Å²) in [5.74, 6) is -0.0129. The van der Waals surface area contributed by atoms with E-state index in [0.717, 1.165) is 31.5 Å². The fraction of sp³-hybridized carbons (Fsp3) is 0.333. The molecule has 150 valence electrons. The molecule has 1 aliphatic rings. The smallest absolute Gasteiger partial charge is 0.282 e. The number of nitrogens with zero attached hydrogens (tertiary/aromatic N) is 3. The number of nitriles is 1. The Labute approximate surface area is 169 Å². The molecule has 1 fully saturated rings. The number of methoxy groups -OCH3 is 1. The summed E-state index contributed by atoms with van der Waals surface area (Å²) in [5, 5.41) is 15.1. The number of anilines is 1. The number of nitrogens with two attached hydrogens (primary N) is 1. The molecule has 1 aromatic heterocycles. The van der Waals surface area contributed by atoms with Crippen LogP contribution in [0.1, 0.15) is 40.5 Å². The van der Waals surface area contributed by atoms with Crippen molar-refractivity contribution in [3.8, 4) is 6.07 Å². The number of carbonyl (C=O) groups is 1. The summed E-state index contributed by atoms with van der Waals surface area (Å²) >= 11 is 0. The molecular formula is C21H24N6O2. The fourth-order valence-corrected chi connectivity index (χ4v) is 3.39. The van der Waals surface area contributed by atoms with E-state index in [9.17, 15) is 4.79 Å². The van der Waals surface area contributed by atoms with Crippen molar-refractivity contribution in [1.29, 1.82) is 5.26 Å². The molecule has 3 rings (SSSR count). The Hall–Kier alpha value is -3.44. The molecule has 1 atom stereocenters. The average Bonchev–Trinajstić information content (AvgIpc) is 2.78. The average molecular weight is 392 g/mol. The predicted molar refractivity (Wildman–Crippen MR) is 110 cm³/mol. The van der Waals surface area contributed by atoms with Gasteiger partial charge < -0.3 is 21.1 Å². The van der Waals surface area contributed by atoms with Crippen LogP contribution in [0.25, 0.3) is 0 Å². The fourth-order valence-electron chi connectivity index (χ4n) is 3.39. The molecule has 8 heteroatoms. The van der Waals surface area contributed by atoms with Crippen molar-refractivity contribution < 1.29 is 9.53 Å². The summed E-state index contributed by atoms with van der Waals surface area (Å²) < 4.78 is 5.08. The van der Waals surface area contributed by atoms with E-state index in [1.807, 2.05) is 30.3 Å². The third-order valence-corrected chi connectivity index (χ3v) is 4.92. The number of piperidine rings is 1. The minimum absolute atomic E-state index is 0.143. The van der Waals surface area contributed by atoms with Gasteiger partial charge in [-0.05, 0) is 61.7 Å². The second-order valence-electron chi connectivity index (χ2n) is 6.83. The van der Waals surface area contributed by atoms with Crippen LogP contribution in [-0.2, 0) is 4.74 Å². The van der Waals surface area contributed by atoms with Crippen LogP contribution in [0.3, 0.4) is 0 Å². The molecule has 1 unspecified atom stereocenters. The number of amides is 1. The second-order valence-corrected chi connectivity index (χ2v) is 6.83. The summed E-state index contributed by atoms with van der Waals surface area (Å²) in [6.07, 6.45) is 3.34. The van der Waals surface area contributed by atoms with Crippen molar-refractivity contribution >= 4 is 17.6 Å². The lowest BCUT2D eigenvalue weighted by atomic mass is 9.86. The topological polar surface area (TPSA) is 125 Å². The first-order chi connectivity index (χ1) is 14.1. The van der Waals surface area contributed by atoms with Gasteiger partial charge >= 0.3 is 0 Å². The number of aliphatic imine (C=N–C) groups is 1. The van der Waals surface area contributed by atoms with Gasteiger partial charge in [0.15, 0.2) is 0 Å². The van der Waals surface area contributed by atoms with Gasteiger partial charge in [-0.15, -0.1) is 0 Å². The quantitative estimate of drug-likeness (QED) is 0.529. The van der Waals surface area contributed by atoms with Gasteiger partial charge in [0.25, 0.3) is 11.9 Å². The van der Waals surface area contributed by atoms with E-state index in [0.29, 0.717) is 17.2 Å². The minimum Gasteiger partial charge on any atom is -0.469 e. The predicted octanol–water partition coefficient (Wildman–Crippen LogP) is 2.21. The lowest BCUT2D eigenvalue weighted by molar-refractivity contribution is 0.102. The Balaban J connectivity index is 1.81. The van der Waals surface area contributed by atoms with E-state index in [1.54, 1.807) is 6.07 Å². The number of ether oxygens (including phenoxy) is 1. The number of amidine groups is 1. The van der Waals surface area contributed by atoms with Crippen LogP contribution in [0.4, 0.5) is 5.69 Å². The zero-order chi connectivity index (χ0) is 20.6. The number of aromatic nitrogens is 1. The van der Waals surface area contributed by atoms with Gasteiger partial charge in [-0.2, -0.15) is 5.26 Å². The van der Waals surface area contributed by atoms with E-state index in [1.165, 1.54) is 19.4 Å². The number of pyridine rings is 1. The summed E-state index contributed by atoms with van der Waals surface area (Å²) in [5.41, 5.74) is 8.10. The SMILES string of the molecule is COC(N)=NC(c1cccc(NC(=O)c2ccc(C#N)cn2)c1)C1CCNCC1. The van der Waals surface area contributed by atoms with Crippen LogP contribution in [0.5, 0.6) is 0 Å². The molecule has 1 aliphatic heterocycles. The second kappa shape index (κ2) is 9.66. The molecule has 0 bridgehead atoms. The molecule has 8 nitrogen and oxygen atoms in total. The van der Waals surface area contributed by atoms with E-state index in [2.05, 4.69) is 20.6 Å². The van der Waals surface area contributed by atoms with Gasteiger partial charge in [-0.1, -0.05) is 12.1 Å². The van der Waals surface area contributed by atoms with Crippen LogP contribution in [0, 0.1) is 17.2 Å². The van der Waals surface area contributed by atoms with Gasteiger partial charge in [0.2, 0.25) is 0 Å². The molecule has 1 saturated heterocycles. The lowest BCUT2D eigenvalue weighted by Gasteiger charge is -2.29. The first-order valence-electron chi connectivity index (χ1n) is 9.46. The van der Waals surface area contributed by atoms with E-state index >= 15 is 0 Å².